The van der Waals surface area contributed by atoms with Crippen LogP contribution in [0.1, 0.15) is 49.9 Å². The zero-order valence-electron chi connectivity index (χ0n) is 11.3. The summed E-state index contributed by atoms with van der Waals surface area (Å²) in [4.78, 5) is 25.0. The lowest BCUT2D eigenvalue weighted by Crippen LogP contribution is -2.21. The van der Waals surface area contributed by atoms with E-state index in [9.17, 15) is 9.59 Å². The molecule has 0 aromatic heterocycles. The fourth-order valence-electron chi connectivity index (χ4n) is 2.49. The first-order valence-corrected chi connectivity index (χ1v) is 6.38. The average molecular weight is 260 g/mol. The van der Waals surface area contributed by atoms with Crippen LogP contribution in [-0.2, 0) is 0 Å². The lowest BCUT2D eigenvalue weighted by atomic mass is 9.83. The number of carbonyl (C=O) groups excluding carboxylic acids is 2. The Morgan fingerprint density at radius 3 is 2.05 bits per heavy atom. The van der Waals surface area contributed by atoms with E-state index in [2.05, 4.69) is 11.8 Å². The van der Waals surface area contributed by atoms with Crippen LogP contribution in [0.3, 0.4) is 0 Å². The molecule has 0 aliphatic heterocycles. The molecule has 0 heterocycles. The Bertz CT molecular complexity index is 817. The van der Waals surface area contributed by atoms with Crippen LogP contribution < -0.4 is 0 Å². The quantitative estimate of drug-likeness (QED) is 0.582. The number of hydrogen-bond acceptors (Lipinski definition) is 2. The Labute approximate surface area is 117 Å². The highest BCUT2D eigenvalue weighted by molar-refractivity contribution is 6.28. The van der Waals surface area contributed by atoms with E-state index in [1.807, 2.05) is 13.0 Å². The van der Waals surface area contributed by atoms with E-state index < -0.39 is 0 Å². The van der Waals surface area contributed by atoms with E-state index in [0.717, 1.165) is 11.1 Å². The van der Waals surface area contributed by atoms with E-state index in [-0.39, 0.29) is 11.6 Å². The molecule has 2 aromatic rings. The van der Waals surface area contributed by atoms with Gasteiger partial charge in [-0.15, -0.1) is 5.92 Å². The van der Waals surface area contributed by atoms with Crippen molar-refractivity contribution < 1.29 is 9.59 Å². The van der Waals surface area contributed by atoms with Crippen LogP contribution in [0.5, 0.6) is 0 Å². The van der Waals surface area contributed by atoms with Gasteiger partial charge in [0.15, 0.2) is 11.6 Å². The largest absolute Gasteiger partial charge is 0.289 e. The molecule has 0 amide bonds. The second-order valence-electron chi connectivity index (χ2n) is 4.84. The molecule has 0 spiro atoms. The van der Waals surface area contributed by atoms with Gasteiger partial charge in [-0.1, -0.05) is 23.6 Å². The molecule has 0 N–H and O–H groups in total. The Kier molecular flexibility index (Phi) is 2.76. The van der Waals surface area contributed by atoms with Gasteiger partial charge in [0.2, 0.25) is 0 Å². The van der Waals surface area contributed by atoms with Gasteiger partial charge in [0.05, 0.1) is 0 Å². The van der Waals surface area contributed by atoms with E-state index in [0.29, 0.717) is 22.3 Å². The Hall–Kier alpha value is -2.66. The summed E-state index contributed by atoms with van der Waals surface area (Å²) >= 11 is 0. The van der Waals surface area contributed by atoms with Crippen LogP contribution in [0.4, 0.5) is 0 Å². The molecule has 0 atom stereocenters. The minimum absolute atomic E-state index is 0.0886. The summed E-state index contributed by atoms with van der Waals surface area (Å²) in [6.07, 6.45) is 0. The molecule has 96 valence electrons. The first-order chi connectivity index (χ1) is 9.61. The molecular weight excluding hydrogens is 248 g/mol. The zero-order valence-corrected chi connectivity index (χ0v) is 11.3. The second-order valence-corrected chi connectivity index (χ2v) is 4.84. The summed E-state index contributed by atoms with van der Waals surface area (Å²) in [5.74, 6) is 5.52. The topological polar surface area (TPSA) is 34.1 Å². The molecule has 0 fully saturated rings. The van der Waals surface area contributed by atoms with Crippen LogP contribution in [0.2, 0.25) is 0 Å². The van der Waals surface area contributed by atoms with Crippen molar-refractivity contribution in [1.29, 1.82) is 0 Å². The predicted molar refractivity (Wildman–Crippen MR) is 77.0 cm³/mol. The van der Waals surface area contributed by atoms with Crippen molar-refractivity contribution in [3.05, 3.63) is 69.8 Å². The van der Waals surface area contributed by atoms with E-state index in [1.54, 1.807) is 37.3 Å². The molecule has 0 saturated carbocycles. The molecule has 1 aliphatic carbocycles. The summed E-state index contributed by atoms with van der Waals surface area (Å²) in [7, 11) is 0. The second kappa shape index (κ2) is 4.47. The fraction of sp³-hybridized carbons (Fsp3) is 0.111. The Morgan fingerprint density at radius 2 is 1.40 bits per heavy atom. The third kappa shape index (κ3) is 1.76. The van der Waals surface area contributed by atoms with Crippen molar-refractivity contribution in [2.24, 2.45) is 0 Å². The lowest BCUT2D eigenvalue weighted by Gasteiger charge is -2.17. The highest BCUT2D eigenvalue weighted by atomic mass is 16.1. The molecule has 0 saturated heterocycles. The Balaban J connectivity index is 2.25. The third-order valence-electron chi connectivity index (χ3n) is 3.44. The number of rotatable bonds is 0. The summed E-state index contributed by atoms with van der Waals surface area (Å²) in [6.45, 7) is 3.65. The number of benzene rings is 2. The molecule has 0 radical (unpaired) electrons. The number of fused-ring (bicyclic) bond motifs is 2. The highest BCUT2D eigenvalue weighted by Crippen LogP contribution is 2.28. The smallest absolute Gasteiger partial charge is 0.194 e. The van der Waals surface area contributed by atoms with E-state index >= 15 is 0 Å². The van der Waals surface area contributed by atoms with E-state index in [1.165, 1.54) is 0 Å². The van der Waals surface area contributed by atoms with Gasteiger partial charge in [-0.3, -0.25) is 9.59 Å². The number of ketones is 2. The average Bonchev–Trinajstić information content (AvgIpc) is 2.45. The van der Waals surface area contributed by atoms with Crippen LogP contribution in [0.15, 0.2) is 36.4 Å². The monoisotopic (exact) mass is 260 g/mol. The number of carbonyl (C=O) groups is 2. The van der Waals surface area contributed by atoms with Crippen molar-refractivity contribution in [1.82, 2.24) is 0 Å². The first-order valence-electron chi connectivity index (χ1n) is 6.38. The van der Waals surface area contributed by atoms with Gasteiger partial charge in [-0.05, 0) is 38.1 Å². The number of aryl methyl sites for hydroxylation is 1. The summed E-state index contributed by atoms with van der Waals surface area (Å²) in [5, 5.41) is 0. The Morgan fingerprint density at radius 1 is 0.800 bits per heavy atom. The maximum Gasteiger partial charge on any atom is 0.194 e. The first kappa shape index (κ1) is 12.4. The standard InChI is InChI=1S/C18H12O2/c1-3-4-12-6-8-14-16(10-12)18(20)13-7-5-11(2)9-15(13)17(14)19/h5-10H,1-2H3. The minimum Gasteiger partial charge on any atom is -0.289 e. The van der Waals surface area contributed by atoms with Gasteiger partial charge in [0.25, 0.3) is 0 Å². The number of hydrogen-bond donors (Lipinski definition) is 0. The van der Waals surface area contributed by atoms with Gasteiger partial charge >= 0.3 is 0 Å². The van der Waals surface area contributed by atoms with Crippen molar-refractivity contribution in [2.75, 3.05) is 0 Å². The summed E-state index contributed by atoms with van der Waals surface area (Å²) in [6, 6.07) is 10.5. The van der Waals surface area contributed by atoms with Gasteiger partial charge < -0.3 is 0 Å². The summed E-state index contributed by atoms with van der Waals surface area (Å²) in [5.41, 5.74) is 3.62. The molecule has 1 aliphatic rings. The maximum atomic E-state index is 12.5. The van der Waals surface area contributed by atoms with Crippen molar-refractivity contribution in [2.45, 2.75) is 13.8 Å². The minimum atomic E-state index is -0.102. The fourth-order valence-corrected chi connectivity index (χ4v) is 2.49. The summed E-state index contributed by atoms with van der Waals surface area (Å²) < 4.78 is 0. The van der Waals surface area contributed by atoms with Crippen molar-refractivity contribution in [3.8, 4) is 11.8 Å². The normalized spacial score (nSPS) is 12.3. The predicted octanol–water partition coefficient (Wildman–Crippen LogP) is 3.14. The molecule has 2 nitrogen and oxygen atoms in total. The van der Waals surface area contributed by atoms with Crippen LogP contribution in [-0.4, -0.2) is 11.6 Å². The van der Waals surface area contributed by atoms with Gasteiger partial charge in [0, 0.05) is 27.8 Å². The molecule has 0 bridgehead atoms. The third-order valence-corrected chi connectivity index (χ3v) is 3.44. The molecule has 2 aromatic carbocycles. The highest BCUT2D eigenvalue weighted by Gasteiger charge is 2.29. The van der Waals surface area contributed by atoms with Gasteiger partial charge in [-0.2, -0.15) is 0 Å². The van der Waals surface area contributed by atoms with Crippen molar-refractivity contribution in [3.63, 3.8) is 0 Å². The molecule has 3 rings (SSSR count). The SMILES string of the molecule is CC#Cc1ccc2c(c1)C(=O)c1ccc(C)cc1C2=O. The van der Waals surface area contributed by atoms with Gasteiger partial charge in [0.1, 0.15) is 0 Å². The zero-order chi connectivity index (χ0) is 14.3. The molecule has 2 heteroatoms. The van der Waals surface area contributed by atoms with E-state index in [4.69, 9.17) is 0 Å². The van der Waals surface area contributed by atoms with Crippen LogP contribution in [0.25, 0.3) is 0 Å². The van der Waals surface area contributed by atoms with Crippen LogP contribution >= 0.6 is 0 Å². The van der Waals surface area contributed by atoms with Crippen LogP contribution in [0, 0.1) is 18.8 Å². The molecule has 0 unspecified atom stereocenters. The molecule has 20 heavy (non-hydrogen) atoms. The van der Waals surface area contributed by atoms with Gasteiger partial charge in [-0.25, -0.2) is 0 Å². The molecular formula is C18H12O2. The van der Waals surface area contributed by atoms with Crippen molar-refractivity contribution >= 4 is 11.6 Å². The maximum absolute atomic E-state index is 12.5. The lowest BCUT2D eigenvalue weighted by molar-refractivity contribution is 0.0979.